The largest absolute Gasteiger partial charge is 0.368 e. The molecule has 2 aromatic heterocycles. The van der Waals surface area contributed by atoms with E-state index >= 15 is 0 Å². The average Bonchev–Trinajstić information content (AvgIpc) is 3.31. The maximum atomic E-state index is 12.4. The van der Waals surface area contributed by atoms with Crippen LogP contribution in [0.2, 0.25) is 0 Å². The number of aromatic amines is 1. The van der Waals surface area contributed by atoms with E-state index < -0.39 is 0 Å². The number of rotatable bonds is 9. The SMILES string of the molecule is CC(C)(CNC(=O)CCc1nc(-c2ccccc2)no1)CNc1n[nH]c(=O)c2ccccc12. The summed E-state index contributed by atoms with van der Waals surface area (Å²) in [7, 11) is 0. The first-order chi connectivity index (χ1) is 15.9. The van der Waals surface area contributed by atoms with Crippen molar-refractivity contribution in [3.05, 3.63) is 70.8 Å². The molecule has 2 aromatic carbocycles. The molecule has 4 aromatic rings. The van der Waals surface area contributed by atoms with Crippen LogP contribution in [-0.2, 0) is 11.2 Å². The summed E-state index contributed by atoms with van der Waals surface area (Å²) >= 11 is 0. The molecule has 3 N–H and O–H groups in total. The molecule has 1 amide bonds. The maximum Gasteiger partial charge on any atom is 0.272 e. The summed E-state index contributed by atoms with van der Waals surface area (Å²) in [5, 5.41) is 18.2. The second-order valence-electron chi connectivity index (χ2n) is 8.62. The van der Waals surface area contributed by atoms with Gasteiger partial charge in [0, 0.05) is 36.9 Å². The molecule has 0 atom stereocenters. The number of carbonyl (C=O) groups is 1. The first-order valence-electron chi connectivity index (χ1n) is 10.8. The van der Waals surface area contributed by atoms with Crippen LogP contribution in [0.15, 0.2) is 63.9 Å². The van der Waals surface area contributed by atoms with Gasteiger partial charge in [-0.15, -0.1) is 0 Å². The lowest BCUT2D eigenvalue weighted by Gasteiger charge is -2.25. The third-order valence-corrected chi connectivity index (χ3v) is 5.26. The minimum atomic E-state index is -0.250. The number of amides is 1. The molecule has 9 heteroatoms. The van der Waals surface area contributed by atoms with Gasteiger partial charge in [-0.1, -0.05) is 67.5 Å². The van der Waals surface area contributed by atoms with E-state index in [4.69, 9.17) is 4.52 Å². The van der Waals surface area contributed by atoms with Crippen molar-refractivity contribution in [2.24, 2.45) is 5.41 Å². The van der Waals surface area contributed by atoms with Crippen LogP contribution in [0.1, 0.15) is 26.2 Å². The fraction of sp³-hybridized carbons (Fsp3) is 0.292. The summed E-state index contributed by atoms with van der Waals surface area (Å²) < 4.78 is 5.26. The van der Waals surface area contributed by atoms with Crippen molar-refractivity contribution in [3.63, 3.8) is 0 Å². The molecule has 0 radical (unpaired) electrons. The van der Waals surface area contributed by atoms with Crippen molar-refractivity contribution in [3.8, 4) is 11.4 Å². The second kappa shape index (κ2) is 9.64. The lowest BCUT2D eigenvalue weighted by Crippen LogP contribution is -2.38. The van der Waals surface area contributed by atoms with Gasteiger partial charge in [0.05, 0.1) is 5.39 Å². The van der Waals surface area contributed by atoms with Gasteiger partial charge in [0.2, 0.25) is 17.6 Å². The van der Waals surface area contributed by atoms with Crippen LogP contribution < -0.4 is 16.2 Å². The zero-order valence-electron chi connectivity index (χ0n) is 18.6. The Morgan fingerprint density at radius 3 is 2.55 bits per heavy atom. The van der Waals surface area contributed by atoms with E-state index in [9.17, 15) is 9.59 Å². The van der Waals surface area contributed by atoms with Crippen LogP contribution in [0.5, 0.6) is 0 Å². The highest BCUT2D eigenvalue weighted by Crippen LogP contribution is 2.20. The predicted octanol–water partition coefficient (Wildman–Crippen LogP) is 3.16. The van der Waals surface area contributed by atoms with Crippen molar-refractivity contribution < 1.29 is 9.32 Å². The number of fused-ring (bicyclic) bond motifs is 1. The van der Waals surface area contributed by atoms with E-state index in [-0.39, 0.29) is 23.3 Å². The topological polar surface area (TPSA) is 126 Å². The summed E-state index contributed by atoms with van der Waals surface area (Å²) in [6.45, 7) is 5.11. The van der Waals surface area contributed by atoms with E-state index in [0.717, 1.165) is 10.9 Å². The lowest BCUT2D eigenvalue weighted by atomic mass is 9.93. The lowest BCUT2D eigenvalue weighted by molar-refractivity contribution is -0.121. The summed E-state index contributed by atoms with van der Waals surface area (Å²) in [5.74, 6) is 1.47. The third-order valence-electron chi connectivity index (χ3n) is 5.26. The monoisotopic (exact) mass is 446 g/mol. The number of nitrogens with zero attached hydrogens (tertiary/aromatic N) is 3. The Morgan fingerprint density at radius 1 is 1.03 bits per heavy atom. The van der Waals surface area contributed by atoms with E-state index in [2.05, 4.69) is 31.0 Å². The van der Waals surface area contributed by atoms with Gasteiger partial charge in [0.1, 0.15) is 0 Å². The van der Waals surface area contributed by atoms with Crippen molar-refractivity contribution in [1.82, 2.24) is 25.7 Å². The zero-order chi connectivity index (χ0) is 23.3. The van der Waals surface area contributed by atoms with Crippen LogP contribution >= 0.6 is 0 Å². The molecule has 4 rings (SSSR count). The molecule has 33 heavy (non-hydrogen) atoms. The Balaban J connectivity index is 1.26. The molecule has 0 aliphatic rings. The summed E-state index contributed by atoms with van der Waals surface area (Å²) in [6.07, 6.45) is 0.629. The minimum absolute atomic E-state index is 0.0878. The standard InChI is InChI=1S/C24H26N6O3/c1-24(2,15-26-22-17-10-6-7-11-18(17)23(32)29-28-22)14-25-19(31)12-13-20-27-21(30-33-20)16-8-4-3-5-9-16/h3-11H,12-15H2,1-2H3,(H,25,31)(H,26,28)(H,29,32). The quantitative estimate of drug-likeness (QED) is 0.360. The molecule has 0 saturated heterocycles. The number of aromatic nitrogens is 4. The molecular formula is C24H26N6O3. The predicted molar refractivity (Wildman–Crippen MR) is 126 cm³/mol. The first kappa shape index (κ1) is 22.2. The molecule has 0 spiro atoms. The maximum absolute atomic E-state index is 12.4. The Labute approximate surface area is 190 Å². The Bertz CT molecular complexity index is 1300. The molecular weight excluding hydrogens is 420 g/mol. The van der Waals surface area contributed by atoms with Gasteiger partial charge in [0.15, 0.2) is 5.82 Å². The number of H-pyrrole nitrogens is 1. The van der Waals surface area contributed by atoms with Crippen LogP contribution in [0, 0.1) is 5.41 Å². The van der Waals surface area contributed by atoms with Crippen molar-refractivity contribution >= 4 is 22.5 Å². The number of nitrogens with one attached hydrogen (secondary N) is 3. The molecule has 0 bridgehead atoms. The van der Waals surface area contributed by atoms with Gasteiger partial charge in [-0.2, -0.15) is 10.1 Å². The summed E-state index contributed by atoms with van der Waals surface area (Å²) in [5.41, 5.74) is 0.398. The molecule has 0 aliphatic carbocycles. The highest BCUT2D eigenvalue weighted by Gasteiger charge is 2.20. The highest BCUT2D eigenvalue weighted by atomic mass is 16.5. The van der Waals surface area contributed by atoms with Gasteiger partial charge < -0.3 is 15.2 Å². The number of anilines is 1. The highest BCUT2D eigenvalue weighted by molar-refractivity contribution is 5.90. The molecule has 2 heterocycles. The van der Waals surface area contributed by atoms with Gasteiger partial charge in [-0.25, -0.2) is 5.10 Å². The third kappa shape index (κ3) is 5.62. The second-order valence-corrected chi connectivity index (χ2v) is 8.62. The number of hydrogen-bond donors (Lipinski definition) is 3. The minimum Gasteiger partial charge on any atom is -0.368 e. The summed E-state index contributed by atoms with van der Waals surface area (Å²) in [4.78, 5) is 28.6. The Hall–Kier alpha value is -4.01. The van der Waals surface area contributed by atoms with Gasteiger partial charge in [-0.3, -0.25) is 9.59 Å². The van der Waals surface area contributed by atoms with Crippen molar-refractivity contribution in [1.29, 1.82) is 0 Å². The normalized spacial score (nSPS) is 11.5. The fourth-order valence-electron chi connectivity index (χ4n) is 3.34. The first-order valence-corrected chi connectivity index (χ1v) is 10.8. The number of benzene rings is 2. The van der Waals surface area contributed by atoms with E-state index in [0.29, 0.717) is 42.4 Å². The smallest absolute Gasteiger partial charge is 0.272 e. The van der Waals surface area contributed by atoms with E-state index in [1.165, 1.54) is 0 Å². The Kier molecular flexibility index (Phi) is 6.48. The molecule has 170 valence electrons. The van der Waals surface area contributed by atoms with Crippen LogP contribution in [0.4, 0.5) is 5.82 Å². The average molecular weight is 447 g/mol. The van der Waals surface area contributed by atoms with Crippen molar-refractivity contribution in [2.45, 2.75) is 26.7 Å². The molecule has 0 unspecified atom stereocenters. The van der Waals surface area contributed by atoms with Crippen LogP contribution in [0.3, 0.4) is 0 Å². The van der Waals surface area contributed by atoms with Gasteiger partial charge >= 0.3 is 0 Å². The fourth-order valence-corrected chi connectivity index (χ4v) is 3.34. The zero-order valence-corrected chi connectivity index (χ0v) is 18.6. The van der Waals surface area contributed by atoms with Crippen LogP contribution in [0.25, 0.3) is 22.2 Å². The number of aryl methyl sites for hydroxylation is 1. The Morgan fingerprint density at radius 2 is 1.76 bits per heavy atom. The van der Waals surface area contributed by atoms with Crippen molar-refractivity contribution in [2.75, 3.05) is 18.4 Å². The molecule has 0 aliphatic heterocycles. The molecule has 9 nitrogen and oxygen atoms in total. The van der Waals surface area contributed by atoms with Gasteiger partial charge in [0.25, 0.3) is 5.56 Å². The number of hydrogen-bond acceptors (Lipinski definition) is 7. The molecule has 0 fully saturated rings. The van der Waals surface area contributed by atoms with Crippen LogP contribution in [-0.4, -0.2) is 39.3 Å². The van der Waals surface area contributed by atoms with E-state index in [1.807, 2.05) is 62.4 Å². The number of carbonyl (C=O) groups excluding carboxylic acids is 1. The van der Waals surface area contributed by atoms with E-state index in [1.54, 1.807) is 6.07 Å². The van der Waals surface area contributed by atoms with Gasteiger partial charge in [-0.05, 0) is 11.5 Å². The molecule has 0 saturated carbocycles. The summed E-state index contributed by atoms with van der Waals surface area (Å²) in [6, 6.07) is 16.9.